The minimum Gasteiger partial charge on any atom is -0.368 e. The van der Waals surface area contributed by atoms with Gasteiger partial charge < -0.3 is 14.7 Å². The van der Waals surface area contributed by atoms with Crippen LogP contribution < -0.4 is 9.62 Å². The molecular weight excluding hydrogens is 603 g/mol. The molecule has 7 nitrogen and oxygen atoms in total. The Morgan fingerprint density at radius 3 is 2.30 bits per heavy atom. The van der Waals surface area contributed by atoms with Crippen LogP contribution in [0.3, 0.4) is 0 Å². The Bertz CT molecular complexity index is 1340. The fourth-order valence-electron chi connectivity index (χ4n) is 5.86. The van der Waals surface area contributed by atoms with Crippen LogP contribution in [-0.2, 0) is 27.0 Å². The first-order valence-electron chi connectivity index (χ1n) is 15.3. The monoisotopic (exact) mass is 648 g/mol. The van der Waals surface area contributed by atoms with E-state index in [2.05, 4.69) is 48.6 Å². The molecule has 1 N–H and O–H groups in total. The maximum absolute atomic E-state index is 14.0. The molecule has 2 amide bonds. The van der Waals surface area contributed by atoms with E-state index in [4.69, 9.17) is 23.2 Å². The summed E-state index contributed by atoms with van der Waals surface area (Å²) in [6.07, 6.45) is 2.44. The first-order valence-corrected chi connectivity index (χ1v) is 17.2. The maximum atomic E-state index is 14.0. The molecule has 2 aromatic carbocycles. The molecule has 0 bridgehead atoms. The van der Waals surface area contributed by atoms with E-state index in [1.165, 1.54) is 0 Å². The van der Waals surface area contributed by atoms with Crippen molar-refractivity contribution in [3.05, 3.63) is 63.1 Å². The average molecular weight is 650 g/mol. The summed E-state index contributed by atoms with van der Waals surface area (Å²) < 4.78 is 16.2. The molecule has 10 heteroatoms. The number of nitrogens with one attached hydrogen (secondary N) is 1. The quantitative estimate of drug-likeness (QED) is 0.327. The summed E-state index contributed by atoms with van der Waals surface area (Å²) in [7, 11) is -1.22. The summed E-state index contributed by atoms with van der Waals surface area (Å²) in [6, 6.07) is 11.1. The summed E-state index contributed by atoms with van der Waals surface area (Å²) in [5, 5.41) is 1.04. The fraction of sp³-hybridized carbons (Fsp3) is 0.576. The summed E-state index contributed by atoms with van der Waals surface area (Å²) in [5.41, 5.74) is 4.22. The Kier molecular flexibility index (Phi) is 11.2. The number of rotatable bonds is 10. The van der Waals surface area contributed by atoms with Gasteiger partial charge in [0.05, 0.1) is 15.7 Å². The lowest BCUT2D eigenvalue weighted by molar-refractivity contribution is -0.143. The van der Waals surface area contributed by atoms with Crippen LogP contribution in [0.15, 0.2) is 36.4 Å². The third kappa shape index (κ3) is 8.53. The second-order valence-corrected chi connectivity index (χ2v) is 16.0. The number of likely N-dealkylation sites (tertiary alicyclic amines) is 1. The van der Waals surface area contributed by atoms with Gasteiger partial charge in [-0.05, 0) is 75.8 Å². The molecule has 0 aliphatic carbocycles. The van der Waals surface area contributed by atoms with E-state index >= 15 is 0 Å². The molecule has 0 aromatic heterocycles. The van der Waals surface area contributed by atoms with Crippen molar-refractivity contribution in [3.63, 3.8) is 0 Å². The molecule has 2 fully saturated rings. The zero-order valence-corrected chi connectivity index (χ0v) is 28.6. The average Bonchev–Trinajstić information content (AvgIpc) is 3.36. The number of carbonyl (C=O) groups is 2. The molecule has 0 radical (unpaired) electrons. The molecule has 0 saturated carbocycles. The van der Waals surface area contributed by atoms with E-state index in [1.807, 2.05) is 31.7 Å². The zero-order chi connectivity index (χ0) is 31.5. The minimum atomic E-state index is -1.22. The normalized spacial score (nSPS) is 18.3. The van der Waals surface area contributed by atoms with Gasteiger partial charge in [-0.15, -0.1) is 0 Å². The molecule has 0 spiro atoms. The number of halogens is 2. The third-order valence-electron chi connectivity index (χ3n) is 8.20. The Morgan fingerprint density at radius 1 is 1.02 bits per heavy atom. The molecule has 2 aromatic rings. The summed E-state index contributed by atoms with van der Waals surface area (Å²) >= 11 is 12.6. The van der Waals surface area contributed by atoms with Gasteiger partial charge in [-0.1, -0.05) is 60.8 Å². The highest BCUT2D eigenvalue weighted by Crippen LogP contribution is 2.34. The Labute approximate surface area is 269 Å². The predicted octanol–water partition coefficient (Wildman–Crippen LogP) is 6.32. The van der Waals surface area contributed by atoms with Crippen molar-refractivity contribution in [3.8, 4) is 0 Å². The van der Waals surface area contributed by atoms with E-state index in [9.17, 15) is 13.8 Å². The first-order chi connectivity index (χ1) is 20.2. The number of benzene rings is 2. The van der Waals surface area contributed by atoms with Crippen LogP contribution >= 0.6 is 23.2 Å². The highest BCUT2D eigenvalue weighted by molar-refractivity contribution is 7.84. The Morgan fingerprint density at radius 2 is 1.72 bits per heavy atom. The SMILES string of the molecule is Cc1ccc(N2CCN(C(=O)[C@@H](Cc3ccc(Cl)cc3Cl)N3CCCC3=O)CC2)c([C@H](CC(C)C)N[S@@](=O)C(C)(C)C)c1. The van der Waals surface area contributed by atoms with Crippen molar-refractivity contribution in [1.82, 2.24) is 14.5 Å². The lowest BCUT2D eigenvalue weighted by Crippen LogP contribution is -2.56. The maximum Gasteiger partial charge on any atom is 0.245 e. The van der Waals surface area contributed by atoms with Crippen LogP contribution in [0, 0.1) is 12.8 Å². The molecule has 0 unspecified atom stereocenters. The van der Waals surface area contributed by atoms with E-state index in [1.54, 1.807) is 17.0 Å². The largest absolute Gasteiger partial charge is 0.368 e. The number of amides is 2. The second-order valence-electron chi connectivity index (χ2n) is 13.2. The molecule has 2 aliphatic heterocycles. The van der Waals surface area contributed by atoms with E-state index in [0.717, 1.165) is 35.2 Å². The lowest BCUT2D eigenvalue weighted by atomic mass is 9.94. The van der Waals surface area contributed by atoms with Gasteiger partial charge in [0.2, 0.25) is 11.8 Å². The van der Waals surface area contributed by atoms with Crippen LogP contribution in [0.5, 0.6) is 0 Å². The van der Waals surface area contributed by atoms with Gasteiger partial charge in [-0.2, -0.15) is 0 Å². The number of hydrogen-bond donors (Lipinski definition) is 1. The zero-order valence-electron chi connectivity index (χ0n) is 26.3. The van der Waals surface area contributed by atoms with Crippen molar-refractivity contribution < 1.29 is 13.8 Å². The summed E-state index contributed by atoms with van der Waals surface area (Å²) in [6.45, 7) is 15.4. The second kappa shape index (κ2) is 14.3. The molecule has 2 heterocycles. The number of anilines is 1. The molecule has 2 aliphatic rings. The number of aryl methyl sites for hydroxylation is 1. The predicted molar refractivity (Wildman–Crippen MR) is 178 cm³/mol. The molecule has 236 valence electrons. The molecule has 43 heavy (non-hydrogen) atoms. The van der Waals surface area contributed by atoms with Crippen molar-refractivity contribution >= 4 is 51.7 Å². The molecule has 4 rings (SSSR count). The van der Waals surface area contributed by atoms with E-state index in [-0.39, 0.29) is 22.6 Å². The topological polar surface area (TPSA) is 73.0 Å². The number of hydrogen-bond acceptors (Lipinski definition) is 4. The van der Waals surface area contributed by atoms with E-state index < -0.39 is 17.0 Å². The smallest absolute Gasteiger partial charge is 0.245 e. The molecule has 2 saturated heterocycles. The summed E-state index contributed by atoms with van der Waals surface area (Å²) in [5.74, 6) is 0.393. The third-order valence-corrected chi connectivity index (χ3v) is 10.4. The van der Waals surface area contributed by atoms with Crippen LogP contribution in [0.25, 0.3) is 0 Å². The molecule has 3 atom stereocenters. The van der Waals surface area contributed by atoms with Crippen LogP contribution in [0.1, 0.15) is 76.6 Å². The van der Waals surface area contributed by atoms with Crippen molar-refractivity contribution in [2.75, 3.05) is 37.6 Å². The standard InChI is InChI=1S/C33H46Cl2N4O3S/c1-22(2)18-28(36-43(42)33(4,5)6)26-19-23(3)9-12-29(26)37-14-16-38(17-15-37)32(41)30(39-13-7-8-31(39)40)20-24-10-11-25(34)21-27(24)35/h9-12,19,21-22,28,30,36H,7-8,13-18,20H2,1-6H3/t28-,30+,43-/m0/s1. The number of nitrogens with zero attached hydrogens (tertiary/aromatic N) is 3. The van der Waals surface area contributed by atoms with Gasteiger partial charge in [0.25, 0.3) is 0 Å². The lowest BCUT2D eigenvalue weighted by Gasteiger charge is -2.40. The Balaban J connectivity index is 1.54. The van der Waals surface area contributed by atoms with Gasteiger partial charge in [-0.3, -0.25) is 9.59 Å². The van der Waals surface area contributed by atoms with Crippen molar-refractivity contribution in [2.24, 2.45) is 5.92 Å². The van der Waals surface area contributed by atoms with Gasteiger partial charge in [-0.25, -0.2) is 8.93 Å². The summed E-state index contributed by atoms with van der Waals surface area (Å²) in [4.78, 5) is 32.7. The van der Waals surface area contributed by atoms with Gasteiger partial charge >= 0.3 is 0 Å². The molecular formula is C33H46Cl2N4O3S. The van der Waals surface area contributed by atoms with Crippen molar-refractivity contribution in [2.45, 2.75) is 84.1 Å². The van der Waals surface area contributed by atoms with Crippen LogP contribution in [0.2, 0.25) is 10.0 Å². The Hall–Kier alpha value is -2.13. The van der Waals surface area contributed by atoms with Crippen molar-refractivity contribution in [1.29, 1.82) is 0 Å². The number of piperazine rings is 1. The van der Waals surface area contributed by atoms with Gasteiger partial charge in [0.15, 0.2) is 0 Å². The number of carbonyl (C=O) groups excluding carboxylic acids is 2. The van der Waals surface area contributed by atoms with Gasteiger partial charge in [0.1, 0.15) is 6.04 Å². The van der Waals surface area contributed by atoms with Gasteiger partial charge in [0, 0.05) is 67.3 Å². The highest BCUT2D eigenvalue weighted by Gasteiger charge is 2.37. The highest BCUT2D eigenvalue weighted by atomic mass is 35.5. The van der Waals surface area contributed by atoms with E-state index in [0.29, 0.717) is 61.5 Å². The fourth-order valence-corrected chi connectivity index (χ4v) is 7.18. The van der Waals surface area contributed by atoms with Crippen LogP contribution in [-0.4, -0.2) is 69.3 Å². The minimum absolute atomic E-state index is 0.0164. The van der Waals surface area contributed by atoms with Crippen LogP contribution in [0.4, 0.5) is 5.69 Å². The first kappa shape index (κ1) is 33.8.